The van der Waals surface area contributed by atoms with Crippen LogP contribution in [0.5, 0.6) is 0 Å². The molecule has 1 aliphatic rings. The largest absolute Gasteiger partial charge is 0.371 e. The normalized spacial score (nSPS) is 20.6. The van der Waals surface area contributed by atoms with E-state index in [0.29, 0.717) is 6.04 Å². The van der Waals surface area contributed by atoms with Gasteiger partial charge in [-0.3, -0.25) is 0 Å². The van der Waals surface area contributed by atoms with Crippen molar-refractivity contribution >= 4 is 5.69 Å². The lowest BCUT2D eigenvalue weighted by Crippen LogP contribution is -2.35. The third kappa shape index (κ3) is 3.26. The number of nitrogens with two attached hydrogens (primary N) is 1. The number of benzene rings is 1. The van der Waals surface area contributed by atoms with Gasteiger partial charge < -0.3 is 10.6 Å². The van der Waals surface area contributed by atoms with Crippen molar-refractivity contribution < 1.29 is 0 Å². The van der Waals surface area contributed by atoms with Crippen molar-refractivity contribution in [1.29, 1.82) is 0 Å². The van der Waals surface area contributed by atoms with Crippen molar-refractivity contribution in [3.05, 3.63) is 29.8 Å². The molecule has 0 saturated heterocycles. The fraction of sp³-hybridized carbons (Fsp3) is 0.625. The second-order valence-electron chi connectivity index (χ2n) is 5.69. The maximum absolute atomic E-state index is 5.99. The van der Waals surface area contributed by atoms with Gasteiger partial charge in [0.15, 0.2) is 0 Å². The number of hydrogen-bond donors (Lipinski definition) is 1. The minimum atomic E-state index is 0.377. The molecule has 1 aromatic carbocycles. The van der Waals surface area contributed by atoms with Crippen molar-refractivity contribution in [2.45, 2.75) is 45.6 Å². The molecule has 0 saturated carbocycles. The van der Waals surface area contributed by atoms with Gasteiger partial charge in [-0.1, -0.05) is 32.0 Å². The van der Waals surface area contributed by atoms with Gasteiger partial charge in [0, 0.05) is 24.8 Å². The van der Waals surface area contributed by atoms with Crippen LogP contribution in [0.1, 0.15) is 38.7 Å². The van der Waals surface area contributed by atoms with Crippen LogP contribution in [-0.4, -0.2) is 19.1 Å². The Kier molecular flexibility index (Phi) is 4.65. The van der Waals surface area contributed by atoms with Gasteiger partial charge >= 0.3 is 0 Å². The predicted molar refractivity (Wildman–Crippen MR) is 79.0 cm³/mol. The highest BCUT2D eigenvalue weighted by molar-refractivity contribution is 5.55. The van der Waals surface area contributed by atoms with Crippen molar-refractivity contribution in [3.63, 3.8) is 0 Å². The van der Waals surface area contributed by atoms with Crippen molar-refractivity contribution in [3.8, 4) is 0 Å². The molecule has 0 aliphatic carbocycles. The first kappa shape index (κ1) is 13.4. The van der Waals surface area contributed by atoms with Crippen LogP contribution in [-0.2, 0) is 6.42 Å². The summed E-state index contributed by atoms with van der Waals surface area (Å²) in [6.07, 6.45) is 4.66. The molecular weight excluding hydrogens is 220 g/mol. The molecule has 1 aliphatic heterocycles. The van der Waals surface area contributed by atoms with Gasteiger partial charge in [0.25, 0.3) is 0 Å². The molecule has 0 fully saturated rings. The summed E-state index contributed by atoms with van der Waals surface area (Å²) >= 11 is 0. The Morgan fingerprint density at radius 3 is 2.94 bits per heavy atom. The minimum Gasteiger partial charge on any atom is -0.371 e. The zero-order valence-electron chi connectivity index (χ0n) is 11.7. The zero-order chi connectivity index (χ0) is 13.0. The zero-order valence-corrected chi connectivity index (χ0v) is 11.7. The highest BCUT2D eigenvalue weighted by atomic mass is 15.1. The summed E-state index contributed by atoms with van der Waals surface area (Å²) in [5, 5.41) is 0. The highest BCUT2D eigenvalue weighted by Crippen LogP contribution is 2.29. The molecule has 2 N–H and O–H groups in total. The van der Waals surface area contributed by atoms with E-state index in [1.807, 2.05) is 0 Å². The molecule has 0 amide bonds. The lowest BCUT2D eigenvalue weighted by atomic mass is 9.93. The van der Waals surface area contributed by atoms with Gasteiger partial charge in [-0.25, -0.2) is 0 Å². The number of para-hydroxylation sites is 1. The van der Waals surface area contributed by atoms with Crippen LogP contribution in [0.3, 0.4) is 0 Å². The lowest BCUT2D eigenvalue weighted by Gasteiger charge is -2.35. The van der Waals surface area contributed by atoms with Crippen LogP contribution in [0.25, 0.3) is 0 Å². The average Bonchev–Trinajstić information content (AvgIpc) is 2.38. The Morgan fingerprint density at radius 2 is 2.17 bits per heavy atom. The van der Waals surface area contributed by atoms with E-state index in [4.69, 9.17) is 5.73 Å². The monoisotopic (exact) mass is 246 g/mol. The van der Waals surface area contributed by atoms with Gasteiger partial charge in [0.1, 0.15) is 0 Å². The molecule has 0 aromatic heterocycles. The van der Waals surface area contributed by atoms with Gasteiger partial charge in [0.05, 0.1) is 0 Å². The Balaban J connectivity index is 1.96. The number of anilines is 1. The first-order valence-corrected chi connectivity index (χ1v) is 7.29. The summed E-state index contributed by atoms with van der Waals surface area (Å²) in [4.78, 5) is 2.55. The van der Waals surface area contributed by atoms with Gasteiger partial charge in [-0.05, 0) is 43.2 Å². The SMILES string of the molecule is CCC(N)CCCN1CC(C)Cc2ccccc21. The average molecular weight is 246 g/mol. The molecule has 2 heteroatoms. The third-order valence-electron chi connectivity index (χ3n) is 3.96. The number of fused-ring (bicyclic) bond motifs is 1. The quantitative estimate of drug-likeness (QED) is 0.864. The van der Waals surface area contributed by atoms with Crippen LogP contribution >= 0.6 is 0 Å². The summed E-state index contributed by atoms with van der Waals surface area (Å²) in [6, 6.07) is 9.22. The van der Waals surface area contributed by atoms with Crippen LogP contribution in [0.15, 0.2) is 24.3 Å². The summed E-state index contributed by atoms with van der Waals surface area (Å²) in [5.41, 5.74) is 8.95. The standard InChI is InChI=1S/C16H26N2/c1-3-15(17)8-6-10-18-12-13(2)11-14-7-4-5-9-16(14)18/h4-5,7,9,13,15H,3,6,8,10-12,17H2,1-2H3. The molecule has 2 atom stereocenters. The third-order valence-corrected chi connectivity index (χ3v) is 3.96. The molecule has 0 bridgehead atoms. The first-order valence-electron chi connectivity index (χ1n) is 7.29. The van der Waals surface area contributed by atoms with Crippen molar-refractivity contribution in [1.82, 2.24) is 0 Å². The van der Waals surface area contributed by atoms with E-state index in [1.165, 1.54) is 30.6 Å². The highest BCUT2D eigenvalue weighted by Gasteiger charge is 2.20. The Labute approximate surface area is 111 Å². The summed E-state index contributed by atoms with van der Waals surface area (Å²) in [7, 11) is 0. The molecule has 18 heavy (non-hydrogen) atoms. The van der Waals surface area contributed by atoms with E-state index < -0.39 is 0 Å². The summed E-state index contributed by atoms with van der Waals surface area (Å²) in [5.74, 6) is 0.764. The van der Waals surface area contributed by atoms with Crippen molar-refractivity contribution in [2.24, 2.45) is 11.7 Å². The van der Waals surface area contributed by atoms with Crippen molar-refractivity contribution in [2.75, 3.05) is 18.0 Å². The molecular formula is C16H26N2. The lowest BCUT2D eigenvalue weighted by molar-refractivity contribution is 0.506. The fourth-order valence-electron chi connectivity index (χ4n) is 2.87. The van der Waals surface area contributed by atoms with Crippen LogP contribution in [0.2, 0.25) is 0 Å². The second-order valence-corrected chi connectivity index (χ2v) is 5.69. The van der Waals surface area contributed by atoms with Crippen LogP contribution in [0, 0.1) is 5.92 Å². The van der Waals surface area contributed by atoms with Gasteiger partial charge in [-0.15, -0.1) is 0 Å². The van der Waals surface area contributed by atoms with E-state index in [-0.39, 0.29) is 0 Å². The molecule has 2 nitrogen and oxygen atoms in total. The molecule has 0 spiro atoms. The molecule has 2 rings (SSSR count). The van der Waals surface area contributed by atoms with E-state index in [1.54, 1.807) is 0 Å². The van der Waals surface area contributed by atoms with Gasteiger partial charge in [-0.2, -0.15) is 0 Å². The van der Waals surface area contributed by atoms with Gasteiger partial charge in [0.2, 0.25) is 0 Å². The topological polar surface area (TPSA) is 29.3 Å². The molecule has 1 aromatic rings. The summed E-state index contributed by atoms with van der Waals surface area (Å²) < 4.78 is 0. The second kappa shape index (κ2) is 6.24. The van der Waals surface area contributed by atoms with Crippen LogP contribution < -0.4 is 10.6 Å². The fourth-order valence-corrected chi connectivity index (χ4v) is 2.87. The minimum absolute atomic E-state index is 0.377. The first-order chi connectivity index (χ1) is 8.70. The molecule has 100 valence electrons. The maximum atomic E-state index is 5.99. The smallest absolute Gasteiger partial charge is 0.0398 e. The van der Waals surface area contributed by atoms with E-state index in [9.17, 15) is 0 Å². The number of hydrogen-bond acceptors (Lipinski definition) is 2. The Hall–Kier alpha value is -1.02. The number of nitrogens with zero attached hydrogens (tertiary/aromatic N) is 1. The Morgan fingerprint density at radius 1 is 1.39 bits per heavy atom. The van der Waals surface area contributed by atoms with E-state index in [0.717, 1.165) is 25.3 Å². The van der Waals surface area contributed by atoms with Crippen LogP contribution in [0.4, 0.5) is 5.69 Å². The van der Waals surface area contributed by atoms with E-state index >= 15 is 0 Å². The molecule has 2 unspecified atom stereocenters. The number of rotatable bonds is 5. The predicted octanol–water partition coefficient (Wildman–Crippen LogP) is 3.20. The molecule has 1 heterocycles. The Bertz CT molecular complexity index is 375. The summed E-state index contributed by atoms with van der Waals surface area (Å²) in [6.45, 7) is 6.86. The van der Waals surface area contributed by atoms with E-state index in [2.05, 4.69) is 43.0 Å². The maximum Gasteiger partial charge on any atom is 0.0398 e. The molecule has 0 radical (unpaired) electrons.